The number of rotatable bonds is 8. The smallest absolute Gasteiger partial charge is 0.173 e. The Morgan fingerprint density at radius 2 is 1.58 bits per heavy atom. The first-order valence-corrected chi connectivity index (χ1v) is 12.8. The van der Waals surface area contributed by atoms with Crippen molar-refractivity contribution in [2.45, 2.75) is 44.2 Å². The molecule has 0 amide bonds. The van der Waals surface area contributed by atoms with Crippen molar-refractivity contribution in [2.24, 2.45) is 0 Å². The second kappa shape index (κ2) is 11.2. The Bertz CT molecular complexity index is 1140. The number of para-hydroxylation sites is 2. The highest BCUT2D eigenvalue weighted by Crippen LogP contribution is 2.39. The van der Waals surface area contributed by atoms with Crippen LogP contribution in [0.25, 0.3) is 0 Å². The Balaban J connectivity index is 1.48. The van der Waals surface area contributed by atoms with Crippen molar-refractivity contribution in [2.75, 3.05) is 52.4 Å². The molecular weight excluding hydrogens is 456 g/mol. The summed E-state index contributed by atoms with van der Waals surface area (Å²) in [5.41, 5.74) is 2.18. The fraction of sp³-hybridized carbons (Fsp3) is 0.519. The SMILES string of the molecule is COc1ccc([C@H](c2nnnn2C2CCCCC2)N2CCN(c3ccccc3OC)CC2)c(OC)c1. The largest absolute Gasteiger partial charge is 0.497 e. The molecule has 2 fully saturated rings. The Labute approximate surface area is 212 Å². The molecule has 1 atom stereocenters. The van der Waals surface area contributed by atoms with Crippen LogP contribution in [0.2, 0.25) is 0 Å². The van der Waals surface area contributed by atoms with Crippen LogP contribution in [0, 0.1) is 0 Å². The number of tetrazole rings is 1. The zero-order valence-corrected chi connectivity index (χ0v) is 21.5. The molecule has 5 rings (SSSR count). The fourth-order valence-electron chi connectivity index (χ4n) is 5.62. The lowest BCUT2D eigenvalue weighted by Gasteiger charge is -2.40. The highest BCUT2D eigenvalue weighted by Gasteiger charge is 2.35. The van der Waals surface area contributed by atoms with Crippen LogP contribution < -0.4 is 19.1 Å². The summed E-state index contributed by atoms with van der Waals surface area (Å²) in [5, 5.41) is 13.3. The van der Waals surface area contributed by atoms with Gasteiger partial charge in [0.25, 0.3) is 0 Å². The van der Waals surface area contributed by atoms with Crippen molar-refractivity contribution in [3.8, 4) is 17.2 Å². The topological polar surface area (TPSA) is 77.8 Å². The maximum absolute atomic E-state index is 5.85. The van der Waals surface area contributed by atoms with Crippen LogP contribution in [0.3, 0.4) is 0 Å². The second-order valence-corrected chi connectivity index (χ2v) is 9.48. The van der Waals surface area contributed by atoms with E-state index >= 15 is 0 Å². The third-order valence-corrected chi connectivity index (χ3v) is 7.52. The molecule has 9 heteroatoms. The number of hydrogen-bond donors (Lipinski definition) is 0. The van der Waals surface area contributed by atoms with E-state index in [1.165, 1.54) is 19.3 Å². The quantitative estimate of drug-likeness (QED) is 0.465. The summed E-state index contributed by atoms with van der Waals surface area (Å²) >= 11 is 0. The van der Waals surface area contributed by atoms with Gasteiger partial charge >= 0.3 is 0 Å². The molecule has 192 valence electrons. The van der Waals surface area contributed by atoms with E-state index in [1.54, 1.807) is 21.3 Å². The van der Waals surface area contributed by atoms with E-state index in [9.17, 15) is 0 Å². The van der Waals surface area contributed by atoms with E-state index in [0.29, 0.717) is 6.04 Å². The molecule has 1 saturated carbocycles. The zero-order chi connectivity index (χ0) is 24.9. The predicted octanol–water partition coefficient (Wildman–Crippen LogP) is 4.12. The van der Waals surface area contributed by atoms with Crippen LogP contribution >= 0.6 is 0 Å². The first-order chi connectivity index (χ1) is 17.7. The maximum Gasteiger partial charge on any atom is 0.173 e. The zero-order valence-electron chi connectivity index (χ0n) is 21.5. The van der Waals surface area contributed by atoms with Crippen molar-refractivity contribution in [3.63, 3.8) is 0 Å². The number of benzene rings is 2. The number of hydrogen-bond acceptors (Lipinski definition) is 8. The lowest BCUT2D eigenvalue weighted by Crippen LogP contribution is -2.48. The average molecular weight is 493 g/mol. The van der Waals surface area contributed by atoms with Gasteiger partial charge < -0.3 is 19.1 Å². The lowest BCUT2D eigenvalue weighted by molar-refractivity contribution is 0.190. The molecule has 1 aliphatic heterocycles. The Hall–Kier alpha value is -3.33. The van der Waals surface area contributed by atoms with Crippen molar-refractivity contribution in [3.05, 3.63) is 53.9 Å². The normalized spacial score (nSPS) is 18.1. The van der Waals surface area contributed by atoms with Crippen molar-refractivity contribution < 1.29 is 14.2 Å². The number of nitrogens with zero attached hydrogens (tertiary/aromatic N) is 6. The van der Waals surface area contributed by atoms with Crippen LogP contribution in [0.1, 0.15) is 55.6 Å². The van der Waals surface area contributed by atoms with Crippen molar-refractivity contribution >= 4 is 5.69 Å². The molecule has 0 unspecified atom stereocenters. The van der Waals surface area contributed by atoms with Gasteiger partial charge in [-0.2, -0.15) is 0 Å². The third-order valence-electron chi connectivity index (χ3n) is 7.52. The first-order valence-electron chi connectivity index (χ1n) is 12.8. The summed E-state index contributed by atoms with van der Waals surface area (Å²) in [6.45, 7) is 3.46. The molecule has 0 N–H and O–H groups in total. The molecule has 0 bridgehead atoms. The van der Waals surface area contributed by atoms with Crippen LogP contribution in [0.5, 0.6) is 17.2 Å². The minimum absolute atomic E-state index is 0.123. The number of ether oxygens (including phenoxy) is 3. The number of aromatic nitrogens is 4. The van der Waals surface area contributed by atoms with Gasteiger partial charge in [0.1, 0.15) is 23.3 Å². The van der Waals surface area contributed by atoms with Gasteiger partial charge in [-0.1, -0.05) is 31.4 Å². The van der Waals surface area contributed by atoms with Gasteiger partial charge in [-0.25, -0.2) is 4.68 Å². The molecule has 2 heterocycles. The molecular formula is C27H36N6O3. The molecule has 36 heavy (non-hydrogen) atoms. The van der Waals surface area contributed by atoms with Crippen LogP contribution in [0.15, 0.2) is 42.5 Å². The Morgan fingerprint density at radius 1 is 0.833 bits per heavy atom. The second-order valence-electron chi connectivity index (χ2n) is 9.48. The molecule has 2 aromatic carbocycles. The molecule has 1 aromatic heterocycles. The minimum atomic E-state index is -0.123. The number of methoxy groups -OCH3 is 3. The Morgan fingerprint density at radius 3 is 2.31 bits per heavy atom. The predicted molar refractivity (Wildman–Crippen MR) is 138 cm³/mol. The highest BCUT2D eigenvalue weighted by atomic mass is 16.5. The fourth-order valence-corrected chi connectivity index (χ4v) is 5.62. The highest BCUT2D eigenvalue weighted by molar-refractivity contribution is 5.58. The van der Waals surface area contributed by atoms with E-state index in [0.717, 1.165) is 73.3 Å². The molecule has 1 saturated heterocycles. The summed E-state index contributed by atoms with van der Waals surface area (Å²) in [6, 6.07) is 14.5. The van der Waals surface area contributed by atoms with Crippen LogP contribution in [-0.2, 0) is 0 Å². The van der Waals surface area contributed by atoms with Gasteiger partial charge in [0.05, 0.1) is 33.1 Å². The minimum Gasteiger partial charge on any atom is -0.497 e. The summed E-state index contributed by atoms with van der Waals surface area (Å²) in [4.78, 5) is 4.86. The lowest BCUT2D eigenvalue weighted by atomic mass is 9.94. The Kier molecular flexibility index (Phi) is 7.55. The first kappa shape index (κ1) is 24.4. The maximum atomic E-state index is 5.85. The molecule has 9 nitrogen and oxygen atoms in total. The van der Waals surface area contributed by atoms with Gasteiger partial charge in [-0.3, -0.25) is 4.90 Å². The average Bonchev–Trinajstić information content (AvgIpc) is 3.43. The van der Waals surface area contributed by atoms with E-state index in [-0.39, 0.29) is 6.04 Å². The molecule has 3 aromatic rings. The summed E-state index contributed by atoms with van der Waals surface area (Å²) in [5.74, 6) is 3.34. The number of piperazine rings is 1. The van der Waals surface area contributed by atoms with E-state index in [4.69, 9.17) is 14.2 Å². The third kappa shape index (κ3) is 4.84. The van der Waals surface area contributed by atoms with Crippen molar-refractivity contribution in [1.29, 1.82) is 0 Å². The summed E-state index contributed by atoms with van der Waals surface area (Å²) < 4.78 is 19.0. The van der Waals surface area contributed by atoms with Gasteiger partial charge in [0, 0.05) is 37.8 Å². The molecule has 2 aliphatic rings. The summed E-state index contributed by atoms with van der Waals surface area (Å²) in [6.07, 6.45) is 5.96. The van der Waals surface area contributed by atoms with Gasteiger partial charge in [-0.15, -0.1) is 5.10 Å². The van der Waals surface area contributed by atoms with Gasteiger partial charge in [-0.05, 0) is 47.5 Å². The monoisotopic (exact) mass is 492 g/mol. The standard InChI is InChI=1S/C27H36N6O3/c1-34-21-13-14-22(25(19-21)36-3)26(27-28-29-30-33(27)20-9-5-4-6-10-20)32-17-15-31(16-18-32)23-11-7-8-12-24(23)35-2/h7-8,11-14,19-20,26H,4-6,9-10,15-18H2,1-3H3/t26-/m1/s1. The molecule has 1 aliphatic carbocycles. The van der Waals surface area contributed by atoms with E-state index in [1.807, 2.05) is 24.3 Å². The van der Waals surface area contributed by atoms with Crippen molar-refractivity contribution in [1.82, 2.24) is 25.1 Å². The number of anilines is 1. The molecule has 0 radical (unpaired) electrons. The molecule has 0 spiro atoms. The summed E-state index contributed by atoms with van der Waals surface area (Å²) in [7, 11) is 5.11. The van der Waals surface area contributed by atoms with E-state index < -0.39 is 0 Å². The van der Waals surface area contributed by atoms with Crippen LogP contribution in [-0.4, -0.2) is 72.6 Å². The van der Waals surface area contributed by atoms with Gasteiger partial charge in [0.15, 0.2) is 5.82 Å². The van der Waals surface area contributed by atoms with E-state index in [2.05, 4.69) is 48.2 Å². The van der Waals surface area contributed by atoms with Crippen LogP contribution in [0.4, 0.5) is 5.69 Å². The van der Waals surface area contributed by atoms with Gasteiger partial charge in [0.2, 0.25) is 0 Å².